The first-order chi connectivity index (χ1) is 9.12. The van der Waals surface area contributed by atoms with Crippen LogP contribution < -0.4 is 4.72 Å². The van der Waals surface area contributed by atoms with E-state index in [0.29, 0.717) is 13.0 Å². The number of nitrogens with zero attached hydrogens (tertiary/aromatic N) is 3. The van der Waals surface area contributed by atoms with Crippen molar-refractivity contribution >= 4 is 10.0 Å². The Hall–Kier alpha value is -1.71. The molecule has 2 aromatic heterocycles. The molecule has 9 heteroatoms. The van der Waals surface area contributed by atoms with Crippen LogP contribution in [0, 0.1) is 0 Å². The van der Waals surface area contributed by atoms with Gasteiger partial charge < -0.3 is 9.52 Å². The Morgan fingerprint density at radius 2 is 2.26 bits per heavy atom. The summed E-state index contributed by atoms with van der Waals surface area (Å²) in [6, 6.07) is 2.73. The van der Waals surface area contributed by atoms with Gasteiger partial charge in [-0.25, -0.2) is 13.1 Å². The second-order valence-electron chi connectivity index (χ2n) is 3.80. The van der Waals surface area contributed by atoms with Crippen molar-refractivity contribution in [3.05, 3.63) is 30.3 Å². The van der Waals surface area contributed by atoms with E-state index in [2.05, 4.69) is 15.0 Å². The van der Waals surface area contributed by atoms with Crippen LogP contribution >= 0.6 is 0 Å². The summed E-state index contributed by atoms with van der Waals surface area (Å²) in [4.78, 5) is 0. The standard InChI is InChI=1S/C10H14N4O4S/c15-8-9-2-3-10(18-9)19(16,17)12-4-1-6-14-7-5-11-13-14/h2-3,5,7,12,15H,1,4,6,8H2. The molecule has 0 aliphatic heterocycles. The molecule has 0 bridgehead atoms. The van der Waals surface area contributed by atoms with E-state index in [1.54, 1.807) is 17.1 Å². The average molecular weight is 286 g/mol. The lowest BCUT2D eigenvalue weighted by molar-refractivity contribution is 0.236. The summed E-state index contributed by atoms with van der Waals surface area (Å²) in [5, 5.41) is 16.0. The van der Waals surface area contributed by atoms with Crippen LogP contribution in [0.5, 0.6) is 0 Å². The quantitative estimate of drug-likeness (QED) is 0.678. The van der Waals surface area contributed by atoms with Gasteiger partial charge in [-0.3, -0.25) is 4.68 Å². The lowest BCUT2D eigenvalue weighted by Gasteiger charge is -2.04. The van der Waals surface area contributed by atoms with Crippen LogP contribution in [0.4, 0.5) is 0 Å². The van der Waals surface area contributed by atoms with Crippen LogP contribution in [0.1, 0.15) is 12.2 Å². The van der Waals surface area contributed by atoms with Crippen LogP contribution in [0.2, 0.25) is 0 Å². The van der Waals surface area contributed by atoms with E-state index in [-0.39, 0.29) is 24.0 Å². The number of hydrogen-bond donors (Lipinski definition) is 2. The molecule has 2 aromatic rings. The molecule has 104 valence electrons. The number of aliphatic hydroxyl groups is 1. The second kappa shape index (κ2) is 5.95. The maximum atomic E-state index is 11.8. The molecule has 2 rings (SSSR count). The third-order valence-electron chi connectivity index (χ3n) is 2.39. The summed E-state index contributed by atoms with van der Waals surface area (Å²) >= 11 is 0. The molecule has 0 saturated heterocycles. The molecule has 19 heavy (non-hydrogen) atoms. The van der Waals surface area contributed by atoms with Crippen molar-refractivity contribution in [3.8, 4) is 0 Å². The highest BCUT2D eigenvalue weighted by Crippen LogP contribution is 2.13. The molecule has 0 fully saturated rings. The first kappa shape index (κ1) is 13.7. The molecular formula is C10H14N4O4S. The third kappa shape index (κ3) is 3.63. The van der Waals surface area contributed by atoms with E-state index in [9.17, 15) is 8.42 Å². The summed E-state index contributed by atoms with van der Waals surface area (Å²) < 4.78 is 32.6. The molecule has 0 radical (unpaired) electrons. The third-order valence-corrected chi connectivity index (χ3v) is 3.72. The first-order valence-corrected chi connectivity index (χ1v) is 7.13. The summed E-state index contributed by atoms with van der Waals surface area (Å²) in [6.45, 7) is 0.502. The highest BCUT2D eigenvalue weighted by molar-refractivity contribution is 7.89. The number of nitrogens with one attached hydrogen (secondary N) is 1. The Labute approximate surface area is 110 Å². The second-order valence-corrected chi connectivity index (χ2v) is 5.49. The van der Waals surface area contributed by atoms with Crippen molar-refractivity contribution < 1.29 is 17.9 Å². The topological polar surface area (TPSA) is 110 Å². The van der Waals surface area contributed by atoms with E-state index in [0.717, 1.165) is 0 Å². The fourth-order valence-corrected chi connectivity index (χ4v) is 2.48. The van der Waals surface area contributed by atoms with Gasteiger partial charge >= 0.3 is 0 Å². The van der Waals surface area contributed by atoms with Crippen molar-refractivity contribution in [1.29, 1.82) is 0 Å². The van der Waals surface area contributed by atoms with Gasteiger partial charge in [0.15, 0.2) is 0 Å². The zero-order valence-corrected chi connectivity index (χ0v) is 10.9. The van der Waals surface area contributed by atoms with Gasteiger partial charge in [-0.05, 0) is 18.6 Å². The Bertz CT molecular complexity index is 605. The molecule has 0 saturated carbocycles. The van der Waals surface area contributed by atoms with Crippen molar-refractivity contribution in [2.75, 3.05) is 6.54 Å². The van der Waals surface area contributed by atoms with E-state index >= 15 is 0 Å². The maximum absolute atomic E-state index is 11.8. The van der Waals surface area contributed by atoms with Crippen molar-refractivity contribution in [3.63, 3.8) is 0 Å². The van der Waals surface area contributed by atoms with Crippen LogP contribution in [0.15, 0.2) is 34.0 Å². The molecule has 2 heterocycles. The minimum absolute atomic E-state index is 0.197. The van der Waals surface area contributed by atoms with Gasteiger partial charge in [-0.2, -0.15) is 0 Å². The molecule has 0 aromatic carbocycles. The Balaban J connectivity index is 1.84. The van der Waals surface area contributed by atoms with Gasteiger partial charge in [0.1, 0.15) is 12.4 Å². The van der Waals surface area contributed by atoms with Crippen LogP contribution in [0.3, 0.4) is 0 Å². The van der Waals surface area contributed by atoms with Crippen LogP contribution in [-0.2, 0) is 23.2 Å². The average Bonchev–Trinajstić information content (AvgIpc) is 3.05. The smallest absolute Gasteiger partial charge is 0.273 e. The van der Waals surface area contributed by atoms with E-state index < -0.39 is 10.0 Å². The molecule has 0 unspecified atom stereocenters. The number of rotatable bonds is 7. The van der Waals surface area contributed by atoms with Crippen LogP contribution in [-0.4, -0.2) is 35.1 Å². The minimum atomic E-state index is -3.66. The van der Waals surface area contributed by atoms with Crippen molar-refractivity contribution in [2.45, 2.75) is 24.7 Å². The lowest BCUT2D eigenvalue weighted by atomic mass is 10.4. The molecule has 0 spiro atoms. The molecule has 0 amide bonds. The first-order valence-electron chi connectivity index (χ1n) is 5.65. The molecule has 2 N–H and O–H groups in total. The summed E-state index contributed by atoms with van der Waals surface area (Å²) in [6.07, 6.45) is 3.84. The molecule has 0 aliphatic rings. The largest absolute Gasteiger partial charge is 0.446 e. The van der Waals surface area contributed by atoms with E-state index in [1.807, 2.05) is 0 Å². The van der Waals surface area contributed by atoms with Gasteiger partial charge in [0, 0.05) is 19.3 Å². The predicted molar refractivity (Wildman–Crippen MR) is 64.5 cm³/mol. The van der Waals surface area contributed by atoms with E-state index in [4.69, 9.17) is 9.52 Å². The number of furan rings is 1. The number of aryl methyl sites for hydroxylation is 1. The maximum Gasteiger partial charge on any atom is 0.273 e. The van der Waals surface area contributed by atoms with Crippen molar-refractivity contribution in [2.24, 2.45) is 0 Å². The summed E-state index contributed by atoms with van der Waals surface area (Å²) in [5.74, 6) is 0.211. The number of aromatic nitrogens is 3. The zero-order valence-electron chi connectivity index (χ0n) is 10.1. The number of hydrogen-bond acceptors (Lipinski definition) is 6. The van der Waals surface area contributed by atoms with Gasteiger partial charge in [0.2, 0.25) is 5.09 Å². The van der Waals surface area contributed by atoms with Crippen molar-refractivity contribution in [1.82, 2.24) is 19.7 Å². The summed E-state index contributed by atoms with van der Waals surface area (Å²) in [7, 11) is -3.66. The fraction of sp³-hybridized carbons (Fsp3) is 0.400. The summed E-state index contributed by atoms with van der Waals surface area (Å²) in [5.41, 5.74) is 0. The van der Waals surface area contributed by atoms with Crippen LogP contribution in [0.25, 0.3) is 0 Å². The highest BCUT2D eigenvalue weighted by atomic mass is 32.2. The number of sulfonamides is 1. The Kier molecular flexibility index (Phi) is 4.30. The predicted octanol–water partition coefficient (Wildman–Crippen LogP) is -0.268. The molecule has 0 atom stereocenters. The normalized spacial score (nSPS) is 11.8. The fourth-order valence-electron chi connectivity index (χ4n) is 1.46. The lowest BCUT2D eigenvalue weighted by Crippen LogP contribution is -2.25. The Morgan fingerprint density at radius 1 is 1.42 bits per heavy atom. The Morgan fingerprint density at radius 3 is 2.89 bits per heavy atom. The monoisotopic (exact) mass is 286 g/mol. The van der Waals surface area contributed by atoms with Gasteiger partial charge in [-0.1, -0.05) is 5.21 Å². The van der Waals surface area contributed by atoms with Gasteiger partial charge in [0.25, 0.3) is 10.0 Å². The van der Waals surface area contributed by atoms with E-state index in [1.165, 1.54) is 12.1 Å². The SMILES string of the molecule is O=S(=O)(NCCCn1ccnn1)c1ccc(CO)o1. The molecular weight excluding hydrogens is 272 g/mol. The van der Waals surface area contributed by atoms with Gasteiger partial charge in [0.05, 0.1) is 6.20 Å². The highest BCUT2D eigenvalue weighted by Gasteiger charge is 2.17. The zero-order chi connectivity index (χ0) is 13.7. The number of aliphatic hydroxyl groups excluding tert-OH is 1. The molecule has 8 nitrogen and oxygen atoms in total. The minimum Gasteiger partial charge on any atom is -0.446 e. The van der Waals surface area contributed by atoms with Gasteiger partial charge in [-0.15, -0.1) is 5.10 Å². The molecule has 0 aliphatic carbocycles.